The molecule has 0 saturated heterocycles. The Morgan fingerprint density at radius 2 is 2.38 bits per heavy atom. The van der Waals surface area contributed by atoms with Crippen LogP contribution in [0.2, 0.25) is 0 Å². The third-order valence-electron chi connectivity index (χ3n) is 2.10. The van der Waals surface area contributed by atoms with Crippen LogP contribution in [0.1, 0.15) is 5.56 Å². The third-order valence-corrected chi connectivity index (χ3v) is 2.10. The number of hydroxylamine groups is 1. The van der Waals surface area contributed by atoms with Crippen molar-refractivity contribution in [3.63, 3.8) is 0 Å². The number of nitrogens with one attached hydrogen (secondary N) is 1. The largest absolute Gasteiger partial charge is 0.305 e. The van der Waals surface area contributed by atoms with Gasteiger partial charge < -0.3 is 4.84 Å². The summed E-state index contributed by atoms with van der Waals surface area (Å²) in [6.45, 7) is 0.449. The van der Waals surface area contributed by atoms with Gasteiger partial charge in [0.25, 0.3) is 0 Å². The Hall–Kier alpha value is -1.79. The molecule has 6 heteroatoms. The van der Waals surface area contributed by atoms with Crippen LogP contribution in [-0.4, -0.2) is 21.9 Å². The zero-order chi connectivity index (χ0) is 11.4. The predicted octanol–water partition coefficient (Wildman–Crippen LogP) is 1.06. The van der Waals surface area contributed by atoms with Gasteiger partial charge in [-0.15, -0.1) is 0 Å². The second-order valence-corrected chi connectivity index (χ2v) is 3.15. The number of halogens is 1. The maximum atomic E-state index is 13.7. The molecular formula is C10H11FN4O. The van der Waals surface area contributed by atoms with E-state index in [4.69, 9.17) is 0 Å². The number of aromatic nitrogens is 3. The molecule has 0 bridgehead atoms. The van der Waals surface area contributed by atoms with Gasteiger partial charge in [0, 0.05) is 6.54 Å². The van der Waals surface area contributed by atoms with E-state index in [0.29, 0.717) is 12.2 Å². The highest BCUT2D eigenvalue weighted by Gasteiger charge is 2.05. The summed E-state index contributed by atoms with van der Waals surface area (Å²) in [7, 11) is 1.51. The maximum Gasteiger partial charge on any atom is 0.149 e. The van der Waals surface area contributed by atoms with Crippen LogP contribution < -0.4 is 5.48 Å². The summed E-state index contributed by atoms with van der Waals surface area (Å²) >= 11 is 0. The van der Waals surface area contributed by atoms with Crippen LogP contribution in [0.25, 0.3) is 5.69 Å². The first-order chi connectivity index (χ1) is 7.81. The topological polar surface area (TPSA) is 52.0 Å². The summed E-state index contributed by atoms with van der Waals surface area (Å²) in [6, 6.07) is 4.88. The number of rotatable bonds is 4. The van der Waals surface area contributed by atoms with Crippen LogP contribution >= 0.6 is 0 Å². The standard InChI is InChI=1S/C10H11FN4O/c1-16-14-5-8-2-3-10(9(11)4-8)15-7-12-6-13-15/h2-4,6-7,14H,5H2,1H3. The highest BCUT2D eigenvalue weighted by Crippen LogP contribution is 2.13. The molecule has 0 unspecified atom stereocenters. The summed E-state index contributed by atoms with van der Waals surface area (Å²) in [5, 5.41) is 3.86. The maximum absolute atomic E-state index is 13.7. The lowest BCUT2D eigenvalue weighted by molar-refractivity contribution is 0.0866. The van der Waals surface area contributed by atoms with Crippen molar-refractivity contribution in [2.45, 2.75) is 6.54 Å². The Balaban J connectivity index is 2.23. The van der Waals surface area contributed by atoms with Crippen molar-refractivity contribution in [2.75, 3.05) is 7.11 Å². The Labute approximate surface area is 91.8 Å². The SMILES string of the molecule is CONCc1ccc(-n2cncn2)c(F)c1. The van der Waals surface area contributed by atoms with Crippen LogP contribution in [-0.2, 0) is 11.4 Å². The molecule has 0 saturated carbocycles. The molecule has 84 valence electrons. The fourth-order valence-electron chi connectivity index (χ4n) is 1.33. The Bertz CT molecular complexity index is 458. The van der Waals surface area contributed by atoms with Gasteiger partial charge >= 0.3 is 0 Å². The molecule has 2 rings (SSSR count). The van der Waals surface area contributed by atoms with Crippen molar-refractivity contribution >= 4 is 0 Å². The quantitative estimate of drug-likeness (QED) is 0.786. The molecule has 0 aliphatic rings. The number of nitrogens with zero attached hydrogens (tertiary/aromatic N) is 3. The summed E-state index contributed by atoms with van der Waals surface area (Å²) in [5.74, 6) is -0.346. The van der Waals surface area contributed by atoms with E-state index in [1.54, 1.807) is 12.1 Å². The van der Waals surface area contributed by atoms with Gasteiger partial charge in [0.05, 0.1) is 7.11 Å². The zero-order valence-electron chi connectivity index (χ0n) is 8.72. The van der Waals surface area contributed by atoms with Crippen LogP contribution in [0, 0.1) is 5.82 Å². The molecule has 0 aliphatic carbocycles. The first-order valence-corrected chi connectivity index (χ1v) is 4.70. The molecule has 2 aromatic rings. The van der Waals surface area contributed by atoms with E-state index in [-0.39, 0.29) is 5.82 Å². The molecule has 0 fully saturated rings. The molecule has 0 atom stereocenters. The van der Waals surface area contributed by atoms with Gasteiger partial charge in [-0.3, -0.25) is 0 Å². The molecule has 1 aromatic carbocycles. The molecule has 0 aliphatic heterocycles. The minimum Gasteiger partial charge on any atom is -0.305 e. The normalized spacial score (nSPS) is 10.6. The number of benzene rings is 1. The van der Waals surface area contributed by atoms with Crippen LogP contribution in [0.3, 0.4) is 0 Å². The van der Waals surface area contributed by atoms with E-state index in [2.05, 4.69) is 20.4 Å². The van der Waals surface area contributed by atoms with Gasteiger partial charge in [0.2, 0.25) is 0 Å². The van der Waals surface area contributed by atoms with Crippen molar-refractivity contribution in [3.05, 3.63) is 42.2 Å². The van der Waals surface area contributed by atoms with Crippen molar-refractivity contribution < 1.29 is 9.23 Å². The highest BCUT2D eigenvalue weighted by molar-refractivity contribution is 5.35. The molecule has 1 heterocycles. The van der Waals surface area contributed by atoms with Crippen molar-refractivity contribution in [3.8, 4) is 5.69 Å². The molecule has 5 nitrogen and oxygen atoms in total. The van der Waals surface area contributed by atoms with Gasteiger partial charge in [0.15, 0.2) is 0 Å². The van der Waals surface area contributed by atoms with Gasteiger partial charge in [-0.2, -0.15) is 10.6 Å². The van der Waals surface area contributed by atoms with Crippen LogP contribution in [0.15, 0.2) is 30.9 Å². The number of hydrogen-bond donors (Lipinski definition) is 1. The fourth-order valence-corrected chi connectivity index (χ4v) is 1.33. The van der Waals surface area contributed by atoms with Gasteiger partial charge in [-0.05, 0) is 17.7 Å². The predicted molar refractivity (Wildman–Crippen MR) is 55.2 cm³/mol. The van der Waals surface area contributed by atoms with Gasteiger partial charge in [-0.25, -0.2) is 14.1 Å². The molecular weight excluding hydrogens is 211 g/mol. The average molecular weight is 222 g/mol. The molecule has 1 aromatic heterocycles. The Kier molecular flexibility index (Phi) is 3.23. The average Bonchev–Trinajstić information content (AvgIpc) is 2.80. The molecule has 0 amide bonds. The van der Waals surface area contributed by atoms with Crippen molar-refractivity contribution in [2.24, 2.45) is 0 Å². The van der Waals surface area contributed by atoms with E-state index >= 15 is 0 Å². The lowest BCUT2D eigenvalue weighted by Gasteiger charge is -2.06. The molecule has 0 radical (unpaired) electrons. The second-order valence-electron chi connectivity index (χ2n) is 3.15. The molecule has 0 spiro atoms. The highest BCUT2D eigenvalue weighted by atomic mass is 19.1. The van der Waals surface area contributed by atoms with E-state index < -0.39 is 0 Å². The van der Waals surface area contributed by atoms with E-state index in [1.165, 1.54) is 30.5 Å². The number of hydrogen-bond acceptors (Lipinski definition) is 4. The summed E-state index contributed by atoms with van der Waals surface area (Å²) in [6.07, 6.45) is 2.81. The minimum atomic E-state index is -0.346. The smallest absolute Gasteiger partial charge is 0.149 e. The van der Waals surface area contributed by atoms with E-state index in [9.17, 15) is 4.39 Å². The summed E-state index contributed by atoms with van der Waals surface area (Å²) < 4.78 is 15.1. The molecule has 1 N–H and O–H groups in total. The third kappa shape index (κ3) is 2.23. The van der Waals surface area contributed by atoms with Crippen LogP contribution in [0.5, 0.6) is 0 Å². The second kappa shape index (κ2) is 4.82. The fraction of sp³-hybridized carbons (Fsp3) is 0.200. The van der Waals surface area contributed by atoms with Gasteiger partial charge in [0.1, 0.15) is 24.2 Å². The van der Waals surface area contributed by atoms with Crippen molar-refractivity contribution in [1.82, 2.24) is 20.2 Å². The van der Waals surface area contributed by atoms with E-state index in [0.717, 1.165) is 5.56 Å². The zero-order valence-corrected chi connectivity index (χ0v) is 8.72. The Morgan fingerprint density at radius 3 is 3.00 bits per heavy atom. The lowest BCUT2D eigenvalue weighted by Crippen LogP contribution is -2.11. The monoisotopic (exact) mass is 222 g/mol. The van der Waals surface area contributed by atoms with E-state index in [1.807, 2.05) is 0 Å². The Morgan fingerprint density at radius 1 is 1.50 bits per heavy atom. The minimum absolute atomic E-state index is 0.346. The summed E-state index contributed by atoms with van der Waals surface area (Å²) in [5.41, 5.74) is 3.81. The van der Waals surface area contributed by atoms with Crippen LogP contribution in [0.4, 0.5) is 4.39 Å². The first-order valence-electron chi connectivity index (χ1n) is 4.70. The first kappa shape index (κ1) is 10.7. The summed E-state index contributed by atoms with van der Waals surface area (Å²) in [4.78, 5) is 8.45. The van der Waals surface area contributed by atoms with Crippen molar-refractivity contribution in [1.29, 1.82) is 0 Å². The van der Waals surface area contributed by atoms with Gasteiger partial charge in [-0.1, -0.05) is 6.07 Å². The lowest BCUT2D eigenvalue weighted by atomic mass is 10.2. The molecule has 16 heavy (non-hydrogen) atoms.